The first-order valence-corrected chi connectivity index (χ1v) is 6.83. The molecular formula is C14H25NO2. The summed E-state index contributed by atoms with van der Waals surface area (Å²) in [5.74, 6) is 0.00667. The average Bonchev–Trinajstić information content (AvgIpc) is 2.70. The van der Waals surface area contributed by atoms with E-state index in [0.29, 0.717) is 5.41 Å². The normalized spacial score (nSPS) is 33.6. The number of hydrogen-bond donors (Lipinski definition) is 1. The molecule has 1 saturated carbocycles. The maximum absolute atomic E-state index is 12.1. The number of ether oxygens (including phenoxy) is 1. The second-order valence-corrected chi connectivity index (χ2v) is 6.76. The highest BCUT2D eigenvalue weighted by atomic mass is 16.5. The zero-order valence-electron chi connectivity index (χ0n) is 11.3. The Kier molecular flexibility index (Phi) is 3.48. The van der Waals surface area contributed by atoms with E-state index in [9.17, 15) is 4.79 Å². The molecule has 0 spiro atoms. The molecule has 0 radical (unpaired) electrons. The van der Waals surface area contributed by atoms with Crippen molar-refractivity contribution in [3.05, 3.63) is 0 Å². The molecule has 0 aromatic rings. The van der Waals surface area contributed by atoms with E-state index in [4.69, 9.17) is 4.74 Å². The molecule has 17 heavy (non-hydrogen) atoms. The quantitative estimate of drug-likeness (QED) is 0.752. The van der Waals surface area contributed by atoms with E-state index in [-0.39, 0.29) is 17.5 Å². The van der Waals surface area contributed by atoms with Crippen LogP contribution in [0.4, 0.5) is 0 Å². The largest absolute Gasteiger partial charge is 0.462 e. The van der Waals surface area contributed by atoms with Gasteiger partial charge < -0.3 is 10.1 Å². The minimum absolute atomic E-state index is 0.00667. The highest BCUT2D eigenvalue weighted by Gasteiger charge is 2.39. The zero-order valence-corrected chi connectivity index (χ0v) is 11.3. The summed E-state index contributed by atoms with van der Waals surface area (Å²) in [7, 11) is 0. The molecule has 2 fully saturated rings. The van der Waals surface area contributed by atoms with E-state index in [1.54, 1.807) is 0 Å². The van der Waals surface area contributed by atoms with Gasteiger partial charge in [0.2, 0.25) is 0 Å². The minimum Gasteiger partial charge on any atom is -0.462 e. The van der Waals surface area contributed by atoms with Crippen molar-refractivity contribution in [1.82, 2.24) is 5.32 Å². The number of esters is 1. The van der Waals surface area contributed by atoms with Gasteiger partial charge >= 0.3 is 5.97 Å². The lowest BCUT2D eigenvalue weighted by Crippen LogP contribution is -2.36. The third-order valence-electron chi connectivity index (χ3n) is 4.42. The van der Waals surface area contributed by atoms with Gasteiger partial charge in [0.25, 0.3) is 0 Å². The molecule has 1 saturated heterocycles. The van der Waals surface area contributed by atoms with E-state index >= 15 is 0 Å². The topological polar surface area (TPSA) is 38.3 Å². The van der Waals surface area contributed by atoms with Crippen molar-refractivity contribution >= 4 is 5.97 Å². The Labute approximate surface area is 104 Å². The highest BCUT2D eigenvalue weighted by Crippen LogP contribution is 2.37. The monoisotopic (exact) mass is 239 g/mol. The Hall–Kier alpha value is -0.570. The summed E-state index contributed by atoms with van der Waals surface area (Å²) in [6.45, 7) is 8.32. The minimum atomic E-state index is -0.285. The second kappa shape index (κ2) is 4.60. The van der Waals surface area contributed by atoms with E-state index in [1.807, 2.05) is 6.92 Å². The smallest absolute Gasteiger partial charge is 0.313 e. The van der Waals surface area contributed by atoms with E-state index < -0.39 is 0 Å². The number of hydrogen-bond acceptors (Lipinski definition) is 3. The van der Waals surface area contributed by atoms with Crippen molar-refractivity contribution in [3.8, 4) is 0 Å². The van der Waals surface area contributed by atoms with E-state index in [1.165, 1.54) is 12.8 Å². The molecule has 3 heteroatoms. The molecule has 1 aliphatic heterocycles. The van der Waals surface area contributed by atoms with Crippen LogP contribution in [0.3, 0.4) is 0 Å². The first-order chi connectivity index (χ1) is 7.91. The summed E-state index contributed by atoms with van der Waals surface area (Å²) in [6.07, 6.45) is 5.46. The average molecular weight is 239 g/mol. The summed E-state index contributed by atoms with van der Waals surface area (Å²) < 4.78 is 5.69. The summed E-state index contributed by atoms with van der Waals surface area (Å²) in [4.78, 5) is 12.1. The predicted octanol–water partition coefficient (Wildman–Crippen LogP) is 2.50. The van der Waals surface area contributed by atoms with E-state index in [0.717, 1.165) is 32.4 Å². The molecular weight excluding hydrogens is 214 g/mol. The molecule has 98 valence electrons. The first-order valence-electron chi connectivity index (χ1n) is 6.83. The Balaban J connectivity index is 1.84. The Bertz CT molecular complexity index is 283. The van der Waals surface area contributed by atoms with Gasteiger partial charge in [-0.1, -0.05) is 13.8 Å². The molecule has 0 bridgehead atoms. The van der Waals surface area contributed by atoms with Crippen LogP contribution in [0.2, 0.25) is 0 Å². The van der Waals surface area contributed by atoms with Crippen LogP contribution < -0.4 is 5.32 Å². The van der Waals surface area contributed by atoms with Crippen LogP contribution in [0.15, 0.2) is 0 Å². The summed E-state index contributed by atoms with van der Waals surface area (Å²) >= 11 is 0. The molecule has 2 aliphatic rings. The van der Waals surface area contributed by atoms with Gasteiger partial charge in [-0.3, -0.25) is 4.79 Å². The molecule has 1 heterocycles. The van der Waals surface area contributed by atoms with Gasteiger partial charge in [-0.05, 0) is 51.0 Å². The van der Waals surface area contributed by atoms with Crippen molar-refractivity contribution in [3.63, 3.8) is 0 Å². The fourth-order valence-corrected chi connectivity index (χ4v) is 2.78. The maximum Gasteiger partial charge on any atom is 0.313 e. The standard InChI is InChI=1S/C14H25NO2/c1-13(2)6-4-11(5-7-13)17-12(16)14(3)8-9-15-10-14/h11,15H,4-10H2,1-3H3. The van der Waals surface area contributed by atoms with E-state index in [2.05, 4.69) is 19.2 Å². The summed E-state index contributed by atoms with van der Waals surface area (Å²) in [5.41, 5.74) is 0.148. The second-order valence-electron chi connectivity index (χ2n) is 6.76. The van der Waals surface area contributed by atoms with Gasteiger partial charge in [0, 0.05) is 6.54 Å². The van der Waals surface area contributed by atoms with Crippen LogP contribution in [0, 0.1) is 10.8 Å². The highest BCUT2D eigenvalue weighted by molar-refractivity contribution is 5.77. The molecule has 1 aliphatic carbocycles. The Morgan fingerprint density at radius 3 is 2.35 bits per heavy atom. The van der Waals surface area contributed by atoms with Crippen molar-refractivity contribution in [2.75, 3.05) is 13.1 Å². The third-order valence-corrected chi connectivity index (χ3v) is 4.42. The molecule has 3 nitrogen and oxygen atoms in total. The molecule has 0 aromatic carbocycles. The fourth-order valence-electron chi connectivity index (χ4n) is 2.78. The lowest BCUT2D eigenvalue weighted by atomic mass is 9.76. The van der Waals surface area contributed by atoms with Crippen molar-refractivity contribution in [2.45, 2.75) is 59.0 Å². The molecule has 0 amide bonds. The van der Waals surface area contributed by atoms with Gasteiger partial charge in [0.15, 0.2) is 0 Å². The molecule has 1 N–H and O–H groups in total. The lowest BCUT2D eigenvalue weighted by Gasteiger charge is -2.35. The third kappa shape index (κ3) is 3.01. The SMILES string of the molecule is CC1(C)CCC(OC(=O)C2(C)CCNC2)CC1. The van der Waals surface area contributed by atoms with Crippen LogP contribution in [0.25, 0.3) is 0 Å². The van der Waals surface area contributed by atoms with Crippen LogP contribution in [0.5, 0.6) is 0 Å². The first kappa shape index (κ1) is 12.9. The summed E-state index contributed by atoms with van der Waals surface area (Å²) in [5, 5.41) is 3.24. The van der Waals surface area contributed by atoms with Crippen molar-refractivity contribution in [2.24, 2.45) is 10.8 Å². The van der Waals surface area contributed by atoms with Crippen molar-refractivity contribution in [1.29, 1.82) is 0 Å². The van der Waals surface area contributed by atoms with Crippen LogP contribution in [-0.4, -0.2) is 25.2 Å². The van der Waals surface area contributed by atoms with Gasteiger partial charge in [0.05, 0.1) is 5.41 Å². The number of carbonyl (C=O) groups is 1. The number of nitrogens with one attached hydrogen (secondary N) is 1. The van der Waals surface area contributed by atoms with Crippen LogP contribution in [-0.2, 0) is 9.53 Å². The lowest BCUT2D eigenvalue weighted by molar-refractivity contribution is -0.162. The van der Waals surface area contributed by atoms with Crippen LogP contribution in [0.1, 0.15) is 52.9 Å². The van der Waals surface area contributed by atoms with Gasteiger partial charge in [-0.15, -0.1) is 0 Å². The molecule has 2 rings (SSSR count). The zero-order chi connectivity index (χ0) is 12.5. The number of carbonyl (C=O) groups excluding carboxylic acids is 1. The maximum atomic E-state index is 12.1. The molecule has 1 unspecified atom stereocenters. The summed E-state index contributed by atoms with van der Waals surface area (Å²) in [6, 6.07) is 0. The van der Waals surface area contributed by atoms with Gasteiger partial charge in [0.1, 0.15) is 6.10 Å². The molecule has 1 atom stereocenters. The fraction of sp³-hybridized carbons (Fsp3) is 0.929. The Morgan fingerprint density at radius 2 is 1.82 bits per heavy atom. The van der Waals surface area contributed by atoms with Crippen molar-refractivity contribution < 1.29 is 9.53 Å². The van der Waals surface area contributed by atoms with Crippen LogP contribution >= 0.6 is 0 Å². The Morgan fingerprint density at radius 1 is 1.18 bits per heavy atom. The van der Waals surface area contributed by atoms with Gasteiger partial charge in [-0.2, -0.15) is 0 Å². The predicted molar refractivity (Wildman–Crippen MR) is 67.7 cm³/mol. The molecule has 0 aromatic heterocycles. The van der Waals surface area contributed by atoms with Gasteiger partial charge in [-0.25, -0.2) is 0 Å². The number of rotatable bonds is 2.